The fourth-order valence-corrected chi connectivity index (χ4v) is 3.10. The summed E-state index contributed by atoms with van der Waals surface area (Å²) in [7, 11) is 0. The van der Waals surface area contributed by atoms with Crippen LogP contribution < -0.4 is 5.32 Å². The summed E-state index contributed by atoms with van der Waals surface area (Å²) >= 11 is 1.83. The Morgan fingerprint density at radius 1 is 1.59 bits per heavy atom. The van der Waals surface area contributed by atoms with E-state index in [2.05, 4.69) is 40.6 Å². The average Bonchev–Trinajstić information content (AvgIpc) is 2.86. The lowest BCUT2D eigenvalue weighted by Crippen LogP contribution is -2.43. The van der Waals surface area contributed by atoms with Gasteiger partial charge in [-0.3, -0.25) is 4.90 Å². The van der Waals surface area contributed by atoms with Crippen molar-refractivity contribution in [2.75, 3.05) is 19.6 Å². The van der Waals surface area contributed by atoms with Gasteiger partial charge in [-0.05, 0) is 31.2 Å². The van der Waals surface area contributed by atoms with Gasteiger partial charge >= 0.3 is 0 Å². The smallest absolute Gasteiger partial charge is 0.0598 e. The summed E-state index contributed by atoms with van der Waals surface area (Å²) in [5, 5.41) is 5.86. The molecule has 0 spiro atoms. The van der Waals surface area contributed by atoms with Crippen molar-refractivity contribution in [1.82, 2.24) is 10.2 Å². The molecule has 0 aromatic carbocycles. The third-order valence-electron chi connectivity index (χ3n) is 3.36. The summed E-state index contributed by atoms with van der Waals surface area (Å²) in [5.41, 5.74) is 0. The monoisotopic (exact) mass is 248 g/mol. The molecule has 1 fully saturated rings. The molecular formula is C14H20N2S. The summed E-state index contributed by atoms with van der Waals surface area (Å²) in [5.74, 6) is 2.72. The van der Waals surface area contributed by atoms with Gasteiger partial charge in [0.2, 0.25) is 0 Å². The second kappa shape index (κ2) is 6.20. The van der Waals surface area contributed by atoms with Gasteiger partial charge < -0.3 is 5.32 Å². The van der Waals surface area contributed by atoms with Crippen molar-refractivity contribution in [2.45, 2.75) is 31.8 Å². The van der Waals surface area contributed by atoms with E-state index in [9.17, 15) is 0 Å². The predicted molar refractivity (Wildman–Crippen MR) is 74.2 cm³/mol. The van der Waals surface area contributed by atoms with Crippen LogP contribution in [0.1, 0.15) is 30.7 Å². The highest BCUT2D eigenvalue weighted by Gasteiger charge is 2.20. The highest BCUT2D eigenvalue weighted by atomic mass is 32.1. The molecule has 2 rings (SSSR count). The van der Waals surface area contributed by atoms with Crippen molar-refractivity contribution < 1.29 is 0 Å². The van der Waals surface area contributed by atoms with Crippen LogP contribution in [0.2, 0.25) is 0 Å². The second-order valence-corrected chi connectivity index (χ2v) is 5.64. The summed E-state index contributed by atoms with van der Waals surface area (Å²) in [6.07, 6.45) is 7.74. The Morgan fingerprint density at radius 2 is 2.35 bits per heavy atom. The van der Waals surface area contributed by atoms with Gasteiger partial charge in [-0.1, -0.05) is 12.0 Å². The fraction of sp³-hybridized carbons (Fsp3) is 0.571. The molecule has 3 heteroatoms. The van der Waals surface area contributed by atoms with E-state index in [1.165, 1.54) is 17.7 Å². The number of thiophene rings is 1. The Labute approximate surface area is 108 Å². The van der Waals surface area contributed by atoms with Crippen molar-refractivity contribution in [3.8, 4) is 12.3 Å². The molecule has 1 saturated heterocycles. The molecule has 1 aliphatic heterocycles. The maximum Gasteiger partial charge on any atom is 0.0598 e. The van der Waals surface area contributed by atoms with Gasteiger partial charge in [0.1, 0.15) is 0 Å². The second-order valence-electron chi connectivity index (χ2n) is 4.66. The number of likely N-dealkylation sites (tertiary alicyclic amines) is 1. The number of nitrogens with zero attached hydrogens (tertiary/aromatic N) is 1. The van der Waals surface area contributed by atoms with E-state index >= 15 is 0 Å². The standard InChI is InChI=1S/C14H20N2S/c1-3-8-16-9-6-13(7-10-16)15-12(2)14-5-4-11-17-14/h1,4-5,11-13,15H,6-10H2,2H3/t12-/m1/s1. The van der Waals surface area contributed by atoms with Gasteiger partial charge in [0.15, 0.2) is 0 Å². The Morgan fingerprint density at radius 3 is 2.94 bits per heavy atom. The van der Waals surface area contributed by atoms with E-state index in [1.807, 2.05) is 11.3 Å². The first kappa shape index (κ1) is 12.6. The first-order valence-corrected chi connectivity index (χ1v) is 7.13. The number of hydrogen-bond donors (Lipinski definition) is 1. The lowest BCUT2D eigenvalue weighted by Gasteiger charge is -2.32. The van der Waals surface area contributed by atoms with E-state index < -0.39 is 0 Å². The van der Waals surface area contributed by atoms with Gasteiger partial charge in [-0.15, -0.1) is 17.8 Å². The Balaban J connectivity index is 1.77. The summed E-state index contributed by atoms with van der Waals surface area (Å²) in [6.45, 7) is 5.30. The highest BCUT2D eigenvalue weighted by Crippen LogP contribution is 2.21. The van der Waals surface area contributed by atoms with Crippen molar-refractivity contribution >= 4 is 11.3 Å². The minimum Gasteiger partial charge on any atom is -0.307 e. The first-order valence-electron chi connectivity index (χ1n) is 6.25. The molecule has 1 aromatic rings. The molecule has 1 N–H and O–H groups in total. The SMILES string of the molecule is C#CCN1CCC(N[C@H](C)c2cccs2)CC1. The van der Waals surface area contributed by atoms with Crippen molar-refractivity contribution in [3.05, 3.63) is 22.4 Å². The molecule has 2 heterocycles. The normalized spacial score (nSPS) is 20.0. The Bertz CT molecular complexity index is 358. The Kier molecular flexibility index (Phi) is 4.61. The van der Waals surface area contributed by atoms with Crippen LogP contribution in [0, 0.1) is 12.3 Å². The maximum absolute atomic E-state index is 5.33. The first-order chi connectivity index (χ1) is 8.29. The van der Waals surface area contributed by atoms with Gasteiger partial charge in [0, 0.05) is 30.1 Å². The van der Waals surface area contributed by atoms with Crippen LogP contribution in [-0.4, -0.2) is 30.6 Å². The quantitative estimate of drug-likeness (QED) is 0.824. The number of nitrogens with one attached hydrogen (secondary N) is 1. The minimum atomic E-state index is 0.471. The predicted octanol–water partition coefficient (Wildman–Crippen LogP) is 2.50. The molecule has 0 bridgehead atoms. The third-order valence-corrected chi connectivity index (χ3v) is 4.41. The molecule has 0 radical (unpaired) electrons. The third kappa shape index (κ3) is 3.57. The molecule has 1 aromatic heterocycles. The zero-order valence-electron chi connectivity index (χ0n) is 10.4. The molecule has 1 atom stereocenters. The fourth-order valence-electron chi connectivity index (χ4n) is 2.36. The lowest BCUT2D eigenvalue weighted by atomic mass is 10.0. The summed E-state index contributed by atoms with van der Waals surface area (Å²) in [4.78, 5) is 3.78. The number of hydrogen-bond acceptors (Lipinski definition) is 3. The number of rotatable bonds is 4. The van der Waals surface area contributed by atoms with Crippen LogP contribution in [0.5, 0.6) is 0 Å². The molecule has 0 saturated carbocycles. The van der Waals surface area contributed by atoms with Gasteiger partial charge in [-0.2, -0.15) is 0 Å². The zero-order chi connectivity index (χ0) is 12.1. The van der Waals surface area contributed by atoms with Gasteiger partial charge in [-0.25, -0.2) is 0 Å². The topological polar surface area (TPSA) is 15.3 Å². The van der Waals surface area contributed by atoms with Crippen LogP contribution >= 0.6 is 11.3 Å². The van der Waals surface area contributed by atoms with Gasteiger partial charge in [0.25, 0.3) is 0 Å². The molecule has 0 amide bonds. The van der Waals surface area contributed by atoms with Crippen LogP contribution in [0.25, 0.3) is 0 Å². The molecule has 0 aliphatic carbocycles. The van der Waals surface area contributed by atoms with E-state index in [-0.39, 0.29) is 0 Å². The summed E-state index contributed by atoms with van der Waals surface area (Å²) < 4.78 is 0. The van der Waals surface area contributed by atoms with Crippen LogP contribution in [0.3, 0.4) is 0 Å². The minimum absolute atomic E-state index is 0.471. The van der Waals surface area contributed by atoms with E-state index in [0.29, 0.717) is 12.1 Å². The molecule has 0 unspecified atom stereocenters. The van der Waals surface area contributed by atoms with Crippen LogP contribution in [0.15, 0.2) is 17.5 Å². The van der Waals surface area contributed by atoms with Crippen molar-refractivity contribution in [1.29, 1.82) is 0 Å². The highest BCUT2D eigenvalue weighted by molar-refractivity contribution is 7.10. The van der Waals surface area contributed by atoms with E-state index in [1.54, 1.807) is 0 Å². The number of piperidine rings is 1. The van der Waals surface area contributed by atoms with Crippen LogP contribution in [0.4, 0.5) is 0 Å². The molecule has 1 aliphatic rings. The zero-order valence-corrected chi connectivity index (χ0v) is 11.2. The van der Waals surface area contributed by atoms with Crippen molar-refractivity contribution in [3.63, 3.8) is 0 Å². The average molecular weight is 248 g/mol. The van der Waals surface area contributed by atoms with Crippen LogP contribution in [-0.2, 0) is 0 Å². The Hall–Kier alpha value is -0.820. The lowest BCUT2D eigenvalue weighted by molar-refractivity contribution is 0.211. The summed E-state index contributed by atoms with van der Waals surface area (Å²) in [6, 6.07) is 5.43. The van der Waals surface area contributed by atoms with Crippen molar-refractivity contribution in [2.24, 2.45) is 0 Å². The van der Waals surface area contributed by atoms with E-state index in [4.69, 9.17) is 6.42 Å². The molecule has 2 nitrogen and oxygen atoms in total. The maximum atomic E-state index is 5.33. The molecule has 92 valence electrons. The molecule has 17 heavy (non-hydrogen) atoms. The molecular weight excluding hydrogens is 228 g/mol. The largest absolute Gasteiger partial charge is 0.307 e. The van der Waals surface area contributed by atoms with Gasteiger partial charge in [0.05, 0.1) is 6.54 Å². The number of terminal acetylenes is 1. The van der Waals surface area contributed by atoms with E-state index in [0.717, 1.165) is 19.6 Å².